The van der Waals surface area contributed by atoms with E-state index in [4.69, 9.17) is 4.74 Å². The van der Waals surface area contributed by atoms with E-state index < -0.39 is 11.6 Å². The highest BCUT2D eigenvalue weighted by Gasteiger charge is 2.48. The highest BCUT2D eigenvalue weighted by molar-refractivity contribution is 5.81. The monoisotopic (exact) mass is 425 g/mol. The minimum absolute atomic E-state index is 0. The Hall–Kier alpha value is -0.910. The van der Waals surface area contributed by atoms with Crippen LogP contribution in [-0.4, -0.2) is 48.8 Å². The van der Waals surface area contributed by atoms with Gasteiger partial charge in [-0.1, -0.05) is 49.6 Å². The molecule has 1 atom stereocenters. The molecular formula is C21H32BrNO3. The standard InChI is InChI=1S/C21H32NO3.BrH/c1-22(2)15-13-19(14-16-22)25-20(23)21(24,17-9-5-3-6-10-17)18-11-7-4-8-12-18;/h3,5-6,9-10,18-19,24H,4,7-8,11-16H2,1-2H3;1H/q+1;/p-1. The van der Waals surface area contributed by atoms with Gasteiger partial charge in [0.05, 0.1) is 27.2 Å². The summed E-state index contributed by atoms with van der Waals surface area (Å²) in [6, 6.07) is 9.40. The first-order chi connectivity index (χ1) is 11.9. The van der Waals surface area contributed by atoms with Crippen LogP contribution >= 0.6 is 0 Å². The molecule has 1 heterocycles. The number of nitrogens with zero attached hydrogens (tertiary/aromatic N) is 1. The quantitative estimate of drug-likeness (QED) is 0.555. The summed E-state index contributed by atoms with van der Waals surface area (Å²) >= 11 is 0. The van der Waals surface area contributed by atoms with Crippen molar-refractivity contribution in [3.05, 3.63) is 35.9 Å². The fourth-order valence-corrected chi connectivity index (χ4v) is 4.33. The molecule has 0 amide bonds. The first-order valence-corrected chi connectivity index (χ1v) is 9.73. The van der Waals surface area contributed by atoms with Crippen molar-refractivity contribution in [1.82, 2.24) is 0 Å². The Balaban J connectivity index is 0.00000243. The second-order valence-electron chi connectivity index (χ2n) is 8.45. The molecule has 1 saturated heterocycles. The van der Waals surface area contributed by atoms with Crippen LogP contribution < -0.4 is 17.0 Å². The van der Waals surface area contributed by atoms with Crippen molar-refractivity contribution in [3.63, 3.8) is 0 Å². The lowest BCUT2D eigenvalue weighted by atomic mass is 9.73. The molecule has 26 heavy (non-hydrogen) atoms. The van der Waals surface area contributed by atoms with E-state index in [1.165, 1.54) is 6.42 Å². The van der Waals surface area contributed by atoms with Crippen molar-refractivity contribution in [1.29, 1.82) is 0 Å². The van der Waals surface area contributed by atoms with E-state index >= 15 is 0 Å². The molecule has 146 valence electrons. The summed E-state index contributed by atoms with van der Waals surface area (Å²) in [5.41, 5.74) is -0.831. The van der Waals surface area contributed by atoms with Gasteiger partial charge in [-0.25, -0.2) is 4.79 Å². The molecule has 1 unspecified atom stereocenters. The van der Waals surface area contributed by atoms with E-state index in [9.17, 15) is 9.90 Å². The van der Waals surface area contributed by atoms with Gasteiger partial charge in [0.15, 0.2) is 5.60 Å². The number of halogens is 1. The molecule has 0 spiro atoms. The van der Waals surface area contributed by atoms with Crippen LogP contribution in [0.25, 0.3) is 0 Å². The van der Waals surface area contributed by atoms with E-state index in [0.717, 1.165) is 56.1 Å². The molecule has 0 bridgehead atoms. The summed E-state index contributed by atoms with van der Waals surface area (Å²) in [6.45, 7) is 2.01. The van der Waals surface area contributed by atoms with Crippen LogP contribution in [0.3, 0.4) is 0 Å². The zero-order valence-corrected chi connectivity index (χ0v) is 17.6. The molecule has 1 aromatic rings. The van der Waals surface area contributed by atoms with Crippen LogP contribution in [0.1, 0.15) is 50.5 Å². The summed E-state index contributed by atoms with van der Waals surface area (Å²) < 4.78 is 6.83. The number of quaternary nitrogens is 1. The summed E-state index contributed by atoms with van der Waals surface area (Å²) in [7, 11) is 4.42. The van der Waals surface area contributed by atoms with E-state index in [0.29, 0.717) is 5.56 Å². The lowest BCUT2D eigenvalue weighted by Crippen LogP contribution is -3.00. The third-order valence-electron chi connectivity index (χ3n) is 6.11. The Morgan fingerprint density at radius 2 is 1.62 bits per heavy atom. The fraction of sp³-hybridized carbons (Fsp3) is 0.667. The molecular weight excluding hydrogens is 394 g/mol. The zero-order chi connectivity index (χ0) is 17.9. The van der Waals surface area contributed by atoms with Crippen molar-refractivity contribution in [2.75, 3.05) is 27.2 Å². The smallest absolute Gasteiger partial charge is 0.343 e. The average molecular weight is 426 g/mol. The molecule has 2 fully saturated rings. The highest BCUT2D eigenvalue weighted by atomic mass is 79.9. The molecule has 1 aliphatic heterocycles. The van der Waals surface area contributed by atoms with Crippen molar-refractivity contribution in [2.24, 2.45) is 5.92 Å². The van der Waals surface area contributed by atoms with Gasteiger partial charge in [-0.2, -0.15) is 0 Å². The van der Waals surface area contributed by atoms with Crippen molar-refractivity contribution < 1.29 is 36.1 Å². The number of ether oxygens (including phenoxy) is 1. The normalized spacial score (nSPS) is 23.5. The largest absolute Gasteiger partial charge is 1.00 e. The Kier molecular flexibility index (Phi) is 7.28. The predicted octanol–water partition coefficient (Wildman–Crippen LogP) is 0.241. The third kappa shape index (κ3) is 4.68. The number of benzene rings is 1. The van der Waals surface area contributed by atoms with Gasteiger partial charge in [0.2, 0.25) is 0 Å². The molecule has 3 rings (SSSR count). The number of aliphatic hydroxyl groups is 1. The van der Waals surface area contributed by atoms with E-state index in [1.54, 1.807) is 0 Å². The number of carbonyl (C=O) groups is 1. The van der Waals surface area contributed by atoms with Crippen LogP contribution in [0.2, 0.25) is 0 Å². The van der Waals surface area contributed by atoms with Crippen molar-refractivity contribution in [2.45, 2.75) is 56.7 Å². The highest BCUT2D eigenvalue weighted by Crippen LogP contribution is 2.40. The molecule has 2 aliphatic rings. The fourth-order valence-electron chi connectivity index (χ4n) is 4.33. The van der Waals surface area contributed by atoms with E-state index in [2.05, 4.69) is 14.1 Å². The first kappa shape index (κ1) is 21.4. The average Bonchev–Trinajstić information content (AvgIpc) is 2.64. The number of likely N-dealkylation sites (tertiary alicyclic amines) is 1. The number of piperidine rings is 1. The number of rotatable bonds is 4. The summed E-state index contributed by atoms with van der Waals surface area (Å²) in [5, 5.41) is 11.5. The maximum atomic E-state index is 13.1. The van der Waals surface area contributed by atoms with E-state index in [1.807, 2.05) is 30.3 Å². The minimum Gasteiger partial charge on any atom is -1.00 e. The Bertz CT molecular complexity index is 576. The van der Waals surface area contributed by atoms with Gasteiger partial charge in [-0.05, 0) is 18.4 Å². The van der Waals surface area contributed by atoms with Crippen LogP contribution in [-0.2, 0) is 15.1 Å². The van der Waals surface area contributed by atoms with Crippen molar-refractivity contribution in [3.8, 4) is 0 Å². The van der Waals surface area contributed by atoms with Gasteiger partial charge in [0.25, 0.3) is 0 Å². The third-order valence-corrected chi connectivity index (χ3v) is 6.11. The maximum absolute atomic E-state index is 13.1. The molecule has 5 heteroatoms. The molecule has 0 aromatic heterocycles. The number of hydrogen-bond acceptors (Lipinski definition) is 3. The van der Waals surface area contributed by atoms with Gasteiger partial charge >= 0.3 is 5.97 Å². The molecule has 0 radical (unpaired) electrons. The van der Waals surface area contributed by atoms with Gasteiger partial charge in [-0.15, -0.1) is 0 Å². The molecule has 4 nitrogen and oxygen atoms in total. The molecule has 1 aromatic carbocycles. The lowest BCUT2D eigenvalue weighted by Gasteiger charge is -2.40. The Morgan fingerprint density at radius 1 is 1.04 bits per heavy atom. The van der Waals surface area contributed by atoms with Gasteiger partial charge in [0, 0.05) is 18.8 Å². The number of carbonyl (C=O) groups excluding carboxylic acids is 1. The van der Waals surface area contributed by atoms with Gasteiger partial charge in [-0.3, -0.25) is 0 Å². The predicted molar refractivity (Wildman–Crippen MR) is 97.9 cm³/mol. The second kappa shape index (κ2) is 8.85. The summed E-state index contributed by atoms with van der Waals surface area (Å²) in [4.78, 5) is 13.1. The lowest BCUT2D eigenvalue weighted by molar-refractivity contribution is -0.896. The van der Waals surface area contributed by atoms with Gasteiger partial charge < -0.3 is 31.3 Å². The number of esters is 1. The molecule has 1 N–H and O–H groups in total. The van der Waals surface area contributed by atoms with Crippen LogP contribution in [0.5, 0.6) is 0 Å². The zero-order valence-electron chi connectivity index (χ0n) is 16.0. The van der Waals surface area contributed by atoms with Crippen molar-refractivity contribution >= 4 is 5.97 Å². The summed E-state index contributed by atoms with van der Waals surface area (Å²) in [6.07, 6.45) is 6.76. The topological polar surface area (TPSA) is 46.5 Å². The molecule has 1 aliphatic carbocycles. The van der Waals surface area contributed by atoms with Crippen LogP contribution in [0.4, 0.5) is 0 Å². The van der Waals surface area contributed by atoms with Crippen LogP contribution in [0, 0.1) is 5.92 Å². The number of hydrogen-bond donors (Lipinski definition) is 1. The SMILES string of the molecule is C[N+]1(C)CCC(OC(=O)C(O)(c2ccccc2)C2CCCCC2)CC1.[Br-]. The Labute approximate surface area is 167 Å². The Morgan fingerprint density at radius 3 is 2.19 bits per heavy atom. The summed E-state index contributed by atoms with van der Waals surface area (Å²) in [5.74, 6) is -0.491. The van der Waals surface area contributed by atoms with E-state index in [-0.39, 0.29) is 29.0 Å². The second-order valence-corrected chi connectivity index (χ2v) is 8.45. The minimum atomic E-state index is -1.51. The first-order valence-electron chi connectivity index (χ1n) is 9.73. The van der Waals surface area contributed by atoms with Gasteiger partial charge in [0.1, 0.15) is 6.10 Å². The van der Waals surface area contributed by atoms with Crippen LogP contribution in [0.15, 0.2) is 30.3 Å². The maximum Gasteiger partial charge on any atom is 0.343 e. The molecule has 1 saturated carbocycles.